The van der Waals surface area contributed by atoms with Crippen molar-refractivity contribution in [3.05, 3.63) is 34.9 Å². The van der Waals surface area contributed by atoms with E-state index in [9.17, 15) is 4.79 Å². The fourth-order valence-electron chi connectivity index (χ4n) is 2.94. The number of pyridine rings is 1. The van der Waals surface area contributed by atoms with Crippen molar-refractivity contribution in [2.75, 3.05) is 18.8 Å². The molecule has 2 aromatic rings. The Morgan fingerprint density at radius 2 is 1.91 bits per heavy atom. The van der Waals surface area contributed by atoms with Gasteiger partial charge in [0, 0.05) is 18.5 Å². The predicted octanol–water partition coefficient (Wildman–Crippen LogP) is 3.87. The lowest BCUT2D eigenvalue weighted by molar-refractivity contribution is -0.127. The number of likely N-dealkylation sites (tertiary alicyclic amines) is 1. The Hall–Kier alpha value is -1.55. The zero-order valence-corrected chi connectivity index (χ0v) is 14.3. The monoisotopic (exact) mass is 314 g/mol. The average molecular weight is 314 g/mol. The first-order chi connectivity index (χ1) is 10.6. The van der Waals surface area contributed by atoms with Crippen molar-refractivity contribution in [3.8, 4) is 0 Å². The summed E-state index contributed by atoms with van der Waals surface area (Å²) in [6.07, 6.45) is 2.28. The van der Waals surface area contributed by atoms with Crippen LogP contribution in [0, 0.1) is 20.8 Å². The van der Waals surface area contributed by atoms with E-state index in [1.807, 2.05) is 4.90 Å². The van der Waals surface area contributed by atoms with Crippen LogP contribution in [0.15, 0.2) is 23.2 Å². The Morgan fingerprint density at radius 1 is 1.18 bits per heavy atom. The predicted molar refractivity (Wildman–Crippen MR) is 92.5 cm³/mol. The molecule has 1 amide bonds. The van der Waals surface area contributed by atoms with Crippen LogP contribution in [0.2, 0.25) is 0 Å². The van der Waals surface area contributed by atoms with Gasteiger partial charge in [-0.05, 0) is 56.4 Å². The van der Waals surface area contributed by atoms with Crippen LogP contribution >= 0.6 is 11.8 Å². The molecule has 0 N–H and O–H groups in total. The third kappa shape index (κ3) is 2.98. The van der Waals surface area contributed by atoms with Crippen LogP contribution in [-0.4, -0.2) is 34.6 Å². The number of amides is 1. The Morgan fingerprint density at radius 3 is 2.64 bits per heavy atom. The standard InChI is InChI=1S/C18H22N2OS/c1-12-6-7-15-13(2)10-16(19-18(15)14(12)3)22-11-17(21)20-8-4-5-9-20/h6-7,10H,4-5,8-9,11H2,1-3H3. The van der Waals surface area contributed by atoms with Gasteiger partial charge in [-0.25, -0.2) is 4.98 Å². The summed E-state index contributed by atoms with van der Waals surface area (Å²) in [7, 11) is 0. The maximum atomic E-state index is 12.2. The highest BCUT2D eigenvalue weighted by Crippen LogP contribution is 2.27. The van der Waals surface area contributed by atoms with Gasteiger partial charge in [-0.3, -0.25) is 4.79 Å². The third-order valence-corrected chi connectivity index (χ3v) is 5.39. The number of nitrogens with zero attached hydrogens (tertiary/aromatic N) is 2. The highest BCUT2D eigenvalue weighted by molar-refractivity contribution is 7.99. The zero-order chi connectivity index (χ0) is 15.7. The number of rotatable bonds is 3. The molecular formula is C18H22N2OS. The molecule has 0 spiro atoms. The van der Waals surface area contributed by atoms with Crippen LogP contribution in [0.1, 0.15) is 29.5 Å². The number of carbonyl (C=O) groups excluding carboxylic acids is 1. The fraction of sp³-hybridized carbons (Fsp3) is 0.444. The minimum absolute atomic E-state index is 0.239. The van der Waals surface area contributed by atoms with E-state index in [4.69, 9.17) is 4.98 Å². The average Bonchev–Trinajstić information content (AvgIpc) is 3.03. The van der Waals surface area contributed by atoms with E-state index < -0.39 is 0 Å². The van der Waals surface area contributed by atoms with Crippen LogP contribution in [0.3, 0.4) is 0 Å². The molecule has 1 saturated heterocycles. The Balaban J connectivity index is 1.82. The zero-order valence-electron chi connectivity index (χ0n) is 13.5. The second-order valence-electron chi connectivity index (χ2n) is 6.06. The molecule has 1 aliphatic heterocycles. The molecule has 0 atom stereocenters. The summed E-state index contributed by atoms with van der Waals surface area (Å²) in [4.78, 5) is 18.9. The van der Waals surface area contributed by atoms with Gasteiger partial charge in [0.15, 0.2) is 0 Å². The number of carbonyl (C=O) groups is 1. The number of aromatic nitrogens is 1. The molecule has 0 saturated carbocycles. The second-order valence-corrected chi connectivity index (χ2v) is 7.05. The maximum absolute atomic E-state index is 12.2. The van der Waals surface area contributed by atoms with Gasteiger partial charge in [0.05, 0.1) is 16.3 Å². The van der Waals surface area contributed by atoms with Crippen molar-refractivity contribution < 1.29 is 4.79 Å². The molecule has 0 aliphatic carbocycles. The quantitative estimate of drug-likeness (QED) is 0.806. The number of hydrogen-bond acceptors (Lipinski definition) is 3. The number of hydrogen-bond donors (Lipinski definition) is 0. The second kappa shape index (κ2) is 6.29. The summed E-state index contributed by atoms with van der Waals surface area (Å²) in [5.41, 5.74) is 4.78. The number of thioether (sulfide) groups is 1. The normalized spacial score (nSPS) is 14.8. The molecule has 3 rings (SSSR count). The molecule has 3 nitrogen and oxygen atoms in total. The highest BCUT2D eigenvalue weighted by atomic mass is 32.2. The van der Waals surface area contributed by atoms with Gasteiger partial charge < -0.3 is 4.90 Å². The minimum Gasteiger partial charge on any atom is -0.342 e. The van der Waals surface area contributed by atoms with Crippen molar-refractivity contribution in [2.45, 2.75) is 38.6 Å². The molecule has 1 aromatic heterocycles. The summed E-state index contributed by atoms with van der Waals surface area (Å²) in [5.74, 6) is 0.728. The Labute approximate surface area is 136 Å². The first-order valence-corrected chi connectivity index (χ1v) is 8.83. The molecule has 1 fully saturated rings. The van der Waals surface area contributed by atoms with Gasteiger partial charge in [-0.15, -0.1) is 0 Å². The molecule has 116 valence electrons. The van der Waals surface area contributed by atoms with E-state index in [0.717, 1.165) is 36.5 Å². The van der Waals surface area contributed by atoms with Gasteiger partial charge in [-0.2, -0.15) is 0 Å². The van der Waals surface area contributed by atoms with Crippen LogP contribution in [0.25, 0.3) is 10.9 Å². The first kappa shape index (κ1) is 15.3. The van der Waals surface area contributed by atoms with Crippen molar-refractivity contribution in [3.63, 3.8) is 0 Å². The molecule has 1 aromatic carbocycles. The molecule has 2 heterocycles. The molecule has 0 unspecified atom stereocenters. The van der Waals surface area contributed by atoms with Crippen molar-refractivity contribution in [1.29, 1.82) is 0 Å². The van der Waals surface area contributed by atoms with Crippen LogP contribution < -0.4 is 0 Å². The lowest BCUT2D eigenvalue weighted by atomic mass is 10.0. The van der Waals surface area contributed by atoms with Crippen molar-refractivity contribution in [1.82, 2.24) is 9.88 Å². The maximum Gasteiger partial charge on any atom is 0.232 e. The fourth-order valence-corrected chi connectivity index (χ4v) is 3.81. The van der Waals surface area contributed by atoms with E-state index in [1.54, 1.807) is 11.8 Å². The van der Waals surface area contributed by atoms with E-state index in [1.165, 1.54) is 22.1 Å². The SMILES string of the molecule is Cc1ccc2c(C)cc(SCC(=O)N3CCCC3)nc2c1C. The highest BCUT2D eigenvalue weighted by Gasteiger charge is 2.18. The van der Waals surface area contributed by atoms with Gasteiger partial charge >= 0.3 is 0 Å². The smallest absolute Gasteiger partial charge is 0.232 e. The van der Waals surface area contributed by atoms with Crippen LogP contribution in [0.5, 0.6) is 0 Å². The van der Waals surface area contributed by atoms with Gasteiger partial charge in [0.1, 0.15) is 0 Å². The third-order valence-electron chi connectivity index (χ3n) is 4.49. The molecular weight excluding hydrogens is 292 g/mol. The number of benzene rings is 1. The summed E-state index contributed by atoms with van der Waals surface area (Å²) in [6, 6.07) is 6.39. The Kier molecular flexibility index (Phi) is 4.39. The van der Waals surface area contributed by atoms with Gasteiger partial charge in [0.2, 0.25) is 5.91 Å². The molecule has 4 heteroatoms. The first-order valence-electron chi connectivity index (χ1n) is 7.84. The molecule has 0 radical (unpaired) electrons. The number of aryl methyl sites for hydroxylation is 3. The number of fused-ring (bicyclic) bond motifs is 1. The molecule has 0 bridgehead atoms. The lowest BCUT2D eigenvalue weighted by Crippen LogP contribution is -2.29. The van der Waals surface area contributed by atoms with Gasteiger partial charge in [-0.1, -0.05) is 23.9 Å². The minimum atomic E-state index is 0.239. The summed E-state index contributed by atoms with van der Waals surface area (Å²) < 4.78 is 0. The largest absolute Gasteiger partial charge is 0.342 e. The van der Waals surface area contributed by atoms with Crippen molar-refractivity contribution in [2.24, 2.45) is 0 Å². The lowest BCUT2D eigenvalue weighted by Gasteiger charge is -2.15. The summed E-state index contributed by atoms with van der Waals surface area (Å²) in [6.45, 7) is 8.19. The molecule has 22 heavy (non-hydrogen) atoms. The Bertz CT molecular complexity index is 721. The van der Waals surface area contributed by atoms with Crippen molar-refractivity contribution >= 4 is 28.6 Å². The van der Waals surface area contributed by atoms with E-state index in [-0.39, 0.29) is 5.91 Å². The summed E-state index contributed by atoms with van der Waals surface area (Å²) in [5, 5.41) is 2.16. The van der Waals surface area contributed by atoms with Crippen LogP contribution in [0.4, 0.5) is 0 Å². The van der Waals surface area contributed by atoms with E-state index in [0.29, 0.717) is 5.75 Å². The van der Waals surface area contributed by atoms with Crippen LogP contribution in [-0.2, 0) is 4.79 Å². The van der Waals surface area contributed by atoms with E-state index in [2.05, 4.69) is 39.0 Å². The molecule has 1 aliphatic rings. The summed E-state index contributed by atoms with van der Waals surface area (Å²) >= 11 is 1.56. The van der Waals surface area contributed by atoms with E-state index >= 15 is 0 Å². The van der Waals surface area contributed by atoms with Gasteiger partial charge in [0.25, 0.3) is 0 Å². The topological polar surface area (TPSA) is 33.2 Å².